The zero-order chi connectivity index (χ0) is 13.5. The van der Waals surface area contributed by atoms with Crippen molar-refractivity contribution in [3.8, 4) is 6.08 Å². The van der Waals surface area contributed by atoms with Crippen LogP contribution in [0.5, 0.6) is 6.08 Å². The van der Waals surface area contributed by atoms with Gasteiger partial charge >= 0.3 is 6.08 Å². The number of hydrogen-bond donors (Lipinski definition) is 1. The minimum atomic E-state index is 0.161. The van der Waals surface area contributed by atoms with Crippen LogP contribution in [0.25, 0.3) is 0 Å². The molecule has 5 nitrogen and oxygen atoms in total. The molecule has 0 aromatic carbocycles. The zero-order valence-corrected chi connectivity index (χ0v) is 11.9. The maximum Gasteiger partial charge on any atom is 0.394 e. The van der Waals surface area contributed by atoms with Gasteiger partial charge in [0.2, 0.25) is 0 Å². The lowest BCUT2D eigenvalue weighted by Crippen LogP contribution is -2.29. The SMILES string of the molecule is CCCNCc1coc(OC2CCCC(OC)C2)n1. The topological polar surface area (TPSA) is 56.5 Å². The number of methoxy groups -OCH3 is 1. The molecule has 1 fully saturated rings. The highest BCUT2D eigenvalue weighted by atomic mass is 16.6. The Balaban J connectivity index is 1.78. The van der Waals surface area contributed by atoms with Gasteiger partial charge in [-0.05, 0) is 32.2 Å². The Labute approximate surface area is 114 Å². The van der Waals surface area contributed by atoms with Gasteiger partial charge in [-0.3, -0.25) is 0 Å². The van der Waals surface area contributed by atoms with Crippen LogP contribution in [-0.2, 0) is 11.3 Å². The lowest BCUT2D eigenvalue weighted by atomic mass is 9.95. The summed E-state index contributed by atoms with van der Waals surface area (Å²) < 4.78 is 16.5. The summed E-state index contributed by atoms with van der Waals surface area (Å²) in [6.07, 6.45) is 7.84. The van der Waals surface area contributed by atoms with Gasteiger partial charge in [0, 0.05) is 20.1 Å². The molecule has 2 atom stereocenters. The lowest BCUT2D eigenvalue weighted by molar-refractivity contribution is 0.0111. The molecule has 0 amide bonds. The van der Waals surface area contributed by atoms with Gasteiger partial charge < -0.3 is 19.2 Å². The average molecular weight is 268 g/mol. The Morgan fingerprint density at radius 2 is 2.26 bits per heavy atom. The molecule has 0 bridgehead atoms. The van der Waals surface area contributed by atoms with Gasteiger partial charge in [-0.2, -0.15) is 4.98 Å². The van der Waals surface area contributed by atoms with E-state index in [0.29, 0.717) is 12.2 Å². The minimum absolute atomic E-state index is 0.161. The molecule has 0 radical (unpaired) electrons. The van der Waals surface area contributed by atoms with E-state index < -0.39 is 0 Å². The second kappa shape index (κ2) is 7.50. The van der Waals surface area contributed by atoms with Gasteiger partial charge in [0.05, 0.1) is 11.8 Å². The molecule has 2 unspecified atom stereocenters. The maximum atomic E-state index is 5.79. The van der Waals surface area contributed by atoms with Gasteiger partial charge in [0.1, 0.15) is 12.4 Å². The van der Waals surface area contributed by atoms with Crippen LogP contribution in [0.4, 0.5) is 0 Å². The predicted molar refractivity (Wildman–Crippen MR) is 72.2 cm³/mol. The standard InChI is InChI=1S/C14H24N2O3/c1-3-7-15-9-11-10-18-14(16-11)19-13-6-4-5-12(8-13)17-2/h10,12-13,15H,3-9H2,1-2H3. The van der Waals surface area contributed by atoms with Crippen molar-refractivity contribution in [3.05, 3.63) is 12.0 Å². The molecule has 1 aliphatic rings. The Kier molecular flexibility index (Phi) is 5.66. The number of aromatic nitrogens is 1. The molecule has 0 spiro atoms. The molecule has 2 rings (SSSR count). The third-order valence-electron chi connectivity index (χ3n) is 3.44. The molecule has 1 aliphatic carbocycles. The first-order valence-corrected chi connectivity index (χ1v) is 7.16. The molecule has 1 N–H and O–H groups in total. The number of nitrogens with one attached hydrogen (secondary N) is 1. The molecule has 1 aromatic rings. The van der Waals surface area contributed by atoms with Gasteiger partial charge in [-0.25, -0.2) is 0 Å². The van der Waals surface area contributed by atoms with E-state index in [4.69, 9.17) is 13.9 Å². The molecule has 0 aliphatic heterocycles. The summed E-state index contributed by atoms with van der Waals surface area (Å²) >= 11 is 0. The zero-order valence-electron chi connectivity index (χ0n) is 11.9. The Bertz CT molecular complexity index is 367. The first kappa shape index (κ1) is 14.3. The summed E-state index contributed by atoms with van der Waals surface area (Å²) in [4.78, 5) is 4.33. The predicted octanol–water partition coefficient (Wildman–Crippen LogP) is 2.51. The molecule has 1 heterocycles. The van der Waals surface area contributed by atoms with Crippen LogP contribution >= 0.6 is 0 Å². The third kappa shape index (κ3) is 4.51. The van der Waals surface area contributed by atoms with Crippen LogP contribution < -0.4 is 10.1 Å². The summed E-state index contributed by atoms with van der Waals surface area (Å²) in [6, 6.07) is 0. The maximum absolute atomic E-state index is 5.79. The third-order valence-corrected chi connectivity index (χ3v) is 3.44. The fraction of sp³-hybridized carbons (Fsp3) is 0.786. The molecule has 0 saturated heterocycles. The Hall–Kier alpha value is -1.07. The smallest absolute Gasteiger partial charge is 0.394 e. The number of oxazole rings is 1. The molecular formula is C14H24N2O3. The van der Waals surface area contributed by atoms with Crippen molar-refractivity contribution in [2.24, 2.45) is 0 Å². The van der Waals surface area contributed by atoms with Crippen molar-refractivity contribution in [2.75, 3.05) is 13.7 Å². The van der Waals surface area contributed by atoms with E-state index in [1.165, 1.54) is 0 Å². The second-order valence-electron chi connectivity index (χ2n) is 5.05. The van der Waals surface area contributed by atoms with E-state index >= 15 is 0 Å². The molecular weight excluding hydrogens is 244 g/mol. The van der Waals surface area contributed by atoms with E-state index in [0.717, 1.165) is 50.9 Å². The summed E-state index contributed by atoms with van der Waals surface area (Å²) in [5, 5.41) is 3.29. The van der Waals surface area contributed by atoms with E-state index in [9.17, 15) is 0 Å². The van der Waals surface area contributed by atoms with Crippen molar-refractivity contribution in [2.45, 2.75) is 57.8 Å². The monoisotopic (exact) mass is 268 g/mol. The summed E-state index contributed by atoms with van der Waals surface area (Å²) in [6.45, 7) is 3.85. The largest absolute Gasteiger partial charge is 0.447 e. The first-order chi connectivity index (χ1) is 9.31. The molecule has 1 aromatic heterocycles. The highest BCUT2D eigenvalue weighted by Gasteiger charge is 2.24. The van der Waals surface area contributed by atoms with Crippen molar-refractivity contribution >= 4 is 0 Å². The lowest BCUT2D eigenvalue weighted by Gasteiger charge is -2.27. The van der Waals surface area contributed by atoms with Crippen LogP contribution in [0.15, 0.2) is 10.7 Å². The van der Waals surface area contributed by atoms with Crippen LogP contribution in [-0.4, -0.2) is 30.8 Å². The molecule has 5 heteroatoms. The van der Waals surface area contributed by atoms with E-state index in [1.54, 1.807) is 13.4 Å². The highest BCUT2D eigenvalue weighted by Crippen LogP contribution is 2.24. The number of nitrogens with zero attached hydrogens (tertiary/aromatic N) is 1. The molecule has 19 heavy (non-hydrogen) atoms. The van der Waals surface area contributed by atoms with Crippen LogP contribution in [0.2, 0.25) is 0 Å². The summed E-state index contributed by atoms with van der Waals surface area (Å²) in [5.41, 5.74) is 0.891. The Morgan fingerprint density at radius 3 is 3.05 bits per heavy atom. The summed E-state index contributed by atoms with van der Waals surface area (Å²) in [7, 11) is 1.76. The van der Waals surface area contributed by atoms with Gasteiger partial charge in [0.15, 0.2) is 0 Å². The van der Waals surface area contributed by atoms with Gasteiger partial charge in [-0.15, -0.1) is 0 Å². The van der Waals surface area contributed by atoms with E-state index in [1.807, 2.05) is 0 Å². The Morgan fingerprint density at radius 1 is 1.42 bits per heavy atom. The number of hydrogen-bond acceptors (Lipinski definition) is 5. The average Bonchev–Trinajstić information content (AvgIpc) is 2.87. The van der Waals surface area contributed by atoms with E-state index in [-0.39, 0.29) is 6.10 Å². The number of ether oxygens (including phenoxy) is 2. The van der Waals surface area contributed by atoms with Crippen molar-refractivity contribution < 1.29 is 13.9 Å². The number of rotatable bonds is 7. The fourth-order valence-corrected chi connectivity index (χ4v) is 2.38. The van der Waals surface area contributed by atoms with Crippen molar-refractivity contribution in [1.82, 2.24) is 10.3 Å². The second-order valence-corrected chi connectivity index (χ2v) is 5.05. The van der Waals surface area contributed by atoms with Gasteiger partial charge in [0.25, 0.3) is 0 Å². The molecule has 1 saturated carbocycles. The van der Waals surface area contributed by atoms with E-state index in [2.05, 4.69) is 17.2 Å². The first-order valence-electron chi connectivity index (χ1n) is 7.16. The van der Waals surface area contributed by atoms with Crippen LogP contribution in [0.1, 0.15) is 44.7 Å². The fourth-order valence-electron chi connectivity index (χ4n) is 2.38. The minimum Gasteiger partial charge on any atom is -0.447 e. The highest BCUT2D eigenvalue weighted by molar-refractivity contribution is 5.00. The van der Waals surface area contributed by atoms with Crippen LogP contribution in [0, 0.1) is 0 Å². The summed E-state index contributed by atoms with van der Waals surface area (Å²) in [5.74, 6) is 0. The van der Waals surface area contributed by atoms with Crippen LogP contribution in [0.3, 0.4) is 0 Å². The van der Waals surface area contributed by atoms with Crippen molar-refractivity contribution in [1.29, 1.82) is 0 Å². The molecule has 108 valence electrons. The normalized spacial score (nSPS) is 23.5. The van der Waals surface area contributed by atoms with Gasteiger partial charge in [-0.1, -0.05) is 6.92 Å². The quantitative estimate of drug-likeness (QED) is 0.770. The van der Waals surface area contributed by atoms with Crippen molar-refractivity contribution in [3.63, 3.8) is 0 Å².